The predicted molar refractivity (Wildman–Crippen MR) is 82.2 cm³/mol. The first-order chi connectivity index (χ1) is 9.61. The molecule has 1 unspecified atom stereocenters. The number of carbonyl (C=O) groups excluding carboxylic acids is 1. The molecule has 2 aromatic rings. The Morgan fingerprint density at radius 3 is 2.40 bits per heavy atom. The zero-order valence-electron chi connectivity index (χ0n) is 11.2. The third-order valence-corrected chi connectivity index (χ3v) is 4.86. The average molecular weight is 286 g/mol. The second-order valence-electron chi connectivity index (χ2n) is 5.59. The molecule has 1 atom stereocenters. The van der Waals surface area contributed by atoms with Crippen LogP contribution in [0.25, 0.3) is 11.1 Å². The Bertz CT molecular complexity index is 600. The summed E-state index contributed by atoms with van der Waals surface area (Å²) < 4.78 is 0. The van der Waals surface area contributed by atoms with Crippen molar-refractivity contribution in [2.24, 2.45) is 16.9 Å². The third kappa shape index (κ3) is 2.49. The number of hydrogen-bond acceptors (Lipinski definition) is 3. The maximum atomic E-state index is 11.4. The fourth-order valence-electron chi connectivity index (χ4n) is 2.59. The highest BCUT2D eigenvalue weighted by Crippen LogP contribution is 2.51. The summed E-state index contributed by atoms with van der Waals surface area (Å²) in [5, 5.41) is 4.19. The van der Waals surface area contributed by atoms with Crippen molar-refractivity contribution in [3.8, 4) is 11.1 Å². The van der Waals surface area contributed by atoms with Crippen molar-refractivity contribution >= 4 is 17.2 Å². The molecule has 4 heteroatoms. The van der Waals surface area contributed by atoms with E-state index in [-0.39, 0.29) is 17.4 Å². The Labute approximate surface area is 122 Å². The van der Waals surface area contributed by atoms with Crippen molar-refractivity contribution < 1.29 is 4.79 Å². The van der Waals surface area contributed by atoms with E-state index in [1.54, 1.807) is 11.3 Å². The monoisotopic (exact) mass is 286 g/mol. The molecular formula is C16H18N2OS. The number of nitrogens with two attached hydrogens (primary N) is 2. The van der Waals surface area contributed by atoms with Gasteiger partial charge < -0.3 is 11.5 Å². The Morgan fingerprint density at radius 2 is 1.90 bits per heavy atom. The topological polar surface area (TPSA) is 69.1 Å². The first-order valence-electron chi connectivity index (χ1n) is 6.79. The van der Waals surface area contributed by atoms with Gasteiger partial charge in [0.1, 0.15) is 0 Å². The number of hydrogen-bond donors (Lipinski definition) is 2. The summed E-state index contributed by atoms with van der Waals surface area (Å²) in [5.41, 5.74) is 14.8. The lowest BCUT2D eigenvalue weighted by atomic mass is 9.91. The number of carbonyl (C=O) groups is 1. The van der Waals surface area contributed by atoms with Crippen LogP contribution in [0.4, 0.5) is 0 Å². The summed E-state index contributed by atoms with van der Waals surface area (Å²) in [6.07, 6.45) is 2.41. The average Bonchev–Trinajstić information content (AvgIpc) is 3.03. The van der Waals surface area contributed by atoms with Crippen molar-refractivity contribution in [1.29, 1.82) is 0 Å². The van der Waals surface area contributed by atoms with Crippen molar-refractivity contribution in [2.75, 3.05) is 0 Å². The zero-order chi connectivity index (χ0) is 14.2. The number of thiophene rings is 1. The molecule has 104 valence electrons. The Balaban J connectivity index is 1.73. The van der Waals surface area contributed by atoms with Gasteiger partial charge in [0.2, 0.25) is 5.91 Å². The van der Waals surface area contributed by atoms with Crippen LogP contribution in [0.3, 0.4) is 0 Å². The van der Waals surface area contributed by atoms with Crippen LogP contribution in [0.15, 0.2) is 41.1 Å². The van der Waals surface area contributed by atoms with Crippen LogP contribution in [-0.2, 0) is 4.79 Å². The van der Waals surface area contributed by atoms with E-state index in [1.807, 2.05) is 0 Å². The summed E-state index contributed by atoms with van der Waals surface area (Å²) in [6.45, 7) is 0. The smallest absolute Gasteiger partial charge is 0.223 e. The SMILES string of the molecule is NC(=O)C1(CC(N)c2ccc(-c3ccsc3)cc2)CC1. The van der Waals surface area contributed by atoms with Crippen molar-refractivity contribution in [1.82, 2.24) is 0 Å². The van der Waals surface area contributed by atoms with E-state index in [0.717, 1.165) is 18.4 Å². The normalized spacial score (nSPS) is 17.6. The largest absolute Gasteiger partial charge is 0.369 e. The van der Waals surface area contributed by atoms with Crippen LogP contribution in [0.5, 0.6) is 0 Å². The van der Waals surface area contributed by atoms with Gasteiger partial charge in [-0.1, -0.05) is 24.3 Å². The van der Waals surface area contributed by atoms with Crippen LogP contribution in [0.1, 0.15) is 30.9 Å². The number of benzene rings is 1. The highest BCUT2D eigenvalue weighted by molar-refractivity contribution is 7.08. The molecule has 0 spiro atoms. The summed E-state index contributed by atoms with van der Waals surface area (Å²) in [7, 11) is 0. The van der Waals surface area contributed by atoms with E-state index in [4.69, 9.17) is 11.5 Å². The number of primary amides is 1. The molecule has 4 N–H and O–H groups in total. The van der Waals surface area contributed by atoms with Gasteiger partial charge in [-0.3, -0.25) is 4.79 Å². The van der Waals surface area contributed by atoms with Crippen LogP contribution in [-0.4, -0.2) is 5.91 Å². The van der Waals surface area contributed by atoms with E-state index in [2.05, 4.69) is 41.1 Å². The number of amides is 1. The van der Waals surface area contributed by atoms with Gasteiger partial charge in [0.15, 0.2) is 0 Å². The molecule has 1 fully saturated rings. The van der Waals surface area contributed by atoms with Crippen LogP contribution < -0.4 is 11.5 Å². The molecule has 20 heavy (non-hydrogen) atoms. The first-order valence-corrected chi connectivity index (χ1v) is 7.73. The summed E-state index contributed by atoms with van der Waals surface area (Å²) in [6, 6.07) is 10.2. The third-order valence-electron chi connectivity index (χ3n) is 4.18. The Kier molecular flexibility index (Phi) is 3.36. The van der Waals surface area contributed by atoms with E-state index >= 15 is 0 Å². The summed E-state index contributed by atoms with van der Waals surface area (Å²) >= 11 is 1.69. The Hall–Kier alpha value is -1.65. The first kappa shape index (κ1) is 13.3. The van der Waals surface area contributed by atoms with Crippen molar-refractivity contribution in [3.63, 3.8) is 0 Å². The molecular weight excluding hydrogens is 268 g/mol. The van der Waals surface area contributed by atoms with Gasteiger partial charge in [-0.15, -0.1) is 0 Å². The lowest BCUT2D eigenvalue weighted by Crippen LogP contribution is -2.28. The fraction of sp³-hybridized carbons (Fsp3) is 0.312. The molecule has 0 aliphatic heterocycles. The summed E-state index contributed by atoms with van der Waals surface area (Å²) in [5.74, 6) is -0.206. The van der Waals surface area contributed by atoms with E-state index < -0.39 is 0 Å². The molecule has 0 radical (unpaired) electrons. The lowest BCUT2D eigenvalue weighted by molar-refractivity contribution is -0.123. The van der Waals surface area contributed by atoms with E-state index in [0.29, 0.717) is 6.42 Å². The number of rotatable bonds is 5. The molecule has 1 heterocycles. The fourth-order valence-corrected chi connectivity index (χ4v) is 3.26. The molecule has 1 aromatic carbocycles. The highest BCUT2D eigenvalue weighted by atomic mass is 32.1. The highest BCUT2D eigenvalue weighted by Gasteiger charge is 2.49. The molecule has 1 aromatic heterocycles. The van der Waals surface area contributed by atoms with Crippen LogP contribution >= 0.6 is 11.3 Å². The second kappa shape index (κ2) is 5.04. The molecule has 0 bridgehead atoms. The van der Waals surface area contributed by atoms with Gasteiger partial charge >= 0.3 is 0 Å². The predicted octanol–water partition coefficient (Wildman–Crippen LogP) is 3.07. The summed E-state index contributed by atoms with van der Waals surface area (Å²) in [4.78, 5) is 11.4. The van der Waals surface area contributed by atoms with Gasteiger partial charge in [0.05, 0.1) is 5.41 Å². The van der Waals surface area contributed by atoms with Gasteiger partial charge in [0.25, 0.3) is 0 Å². The van der Waals surface area contributed by atoms with Crippen molar-refractivity contribution in [3.05, 3.63) is 46.7 Å². The molecule has 3 nitrogen and oxygen atoms in total. The molecule has 3 rings (SSSR count). The Morgan fingerprint density at radius 1 is 1.20 bits per heavy atom. The van der Waals surface area contributed by atoms with Gasteiger partial charge in [-0.25, -0.2) is 0 Å². The molecule has 1 aliphatic rings. The maximum Gasteiger partial charge on any atom is 0.223 e. The second-order valence-corrected chi connectivity index (χ2v) is 6.37. The van der Waals surface area contributed by atoms with Crippen LogP contribution in [0, 0.1) is 5.41 Å². The minimum atomic E-state index is -0.342. The van der Waals surface area contributed by atoms with E-state index in [9.17, 15) is 4.79 Å². The van der Waals surface area contributed by atoms with Gasteiger partial charge in [-0.05, 0) is 52.8 Å². The van der Waals surface area contributed by atoms with Crippen molar-refractivity contribution in [2.45, 2.75) is 25.3 Å². The van der Waals surface area contributed by atoms with Gasteiger partial charge in [0, 0.05) is 6.04 Å². The van der Waals surface area contributed by atoms with E-state index in [1.165, 1.54) is 11.1 Å². The zero-order valence-corrected chi connectivity index (χ0v) is 12.0. The standard InChI is InChI=1S/C16H18N2OS/c17-14(9-16(6-7-16)15(18)19)12-3-1-11(2-4-12)13-5-8-20-10-13/h1-5,8,10,14H,6-7,9,17H2,(H2,18,19). The molecule has 1 amide bonds. The minimum absolute atomic E-state index is 0.124. The minimum Gasteiger partial charge on any atom is -0.369 e. The molecule has 0 saturated heterocycles. The van der Waals surface area contributed by atoms with Gasteiger partial charge in [-0.2, -0.15) is 11.3 Å². The van der Waals surface area contributed by atoms with Crippen LogP contribution in [0.2, 0.25) is 0 Å². The quantitative estimate of drug-likeness (QED) is 0.887. The molecule has 1 saturated carbocycles. The lowest BCUT2D eigenvalue weighted by Gasteiger charge is -2.18. The molecule has 1 aliphatic carbocycles. The maximum absolute atomic E-state index is 11.4.